The number of rotatable bonds is 5. The summed E-state index contributed by atoms with van der Waals surface area (Å²) in [4.78, 5) is 0.272. The van der Waals surface area contributed by atoms with Gasteiger partial charge in [-0.1, -0.05) is 12.1 Å². The maximum absolute atomic E-state index is 12.7. The van der Waals surface area contributed by atoms with Gasteiger partial charge in [-0.3, -0.25) is 0 Å². The van der Waals surface area contributed by atoms with Crippen LogP contribution in [0, 0.1) is 12.8 Å². The normalized spacial score (nSPS) is 19.9. The lowest BCUT2D eigenvalue weighted by Gasteiger charge is -2.27. The monoisotopic (exact) mass is 313 g/mol. The Morgan fingerprint density at radius 1 is 1.43 bits per heavy atom. The fraction of sp³-hybridized carbons (Fsp3) is 0.600. The topological polar surface area (TPSA) is 66.8 Å². The average molecular weight is 313 g/mol. The molecule has 1 aromatic rings. The molecule has 1 aliphatic rings. The lowest BCUT2D eigenvalue weighted by molar-refractivity contribution is 0.0495. The Kier molecular flexibility index (Phi) is 5.37. The van der Waals surface area contributed by atoms with Crippen molar-refractivity contribution in [1.82, 2.24) is 4.31 Å². The molecule has 1 aromatic carbocycles. The molecule has 0 spiro atoms. The first kappa shape index (κ1) is 16.4. The molecule has 1 fully saturated rings. The third-order valence-corrected chi connectivity index (χ3v) is 5.99. The van der Waals surface area contributed by atoms with Gasteiger partial charge in [0.05, 0.1) is 18.1 Å². The Balaban J connectivity index is 2.20. The van der Waals surface area contributed by atoms with E-state index in [0.717, 1.165) is 19.4 Å². The zero-order valence-corrected chi connectivity index (χ0v) is 13.4. The molecule has 1 heterocycles. The molecule has 1 aliphatic heterocycles. The van der Waals surface area contributed by atoms with E-state index in [1.807, 2.05) is 0 Å². The van der Waals surface area contributed by atoms with Gasteiger partial charge in [-0.25, -0.2) is 12.7 Å². The van der Waals surface area contributed by atoms with Crippen LogP contribution in [0.1, 0.15) is 24.0 Å². The molecule has 1 unspecified atom stereocenters. The third kappa shape index (κ3) is 3.63. The lowest BCUT2D eigenvalue weighted by Crippen LogP contribution is -2.35. The van der Waals surface area contributed by atoms with Crippen molar-refractivity contribution in [3.05, 3.63) is 29.3 Å². The Bertz CT molecular complexity index is 579. The number of hydrogen-bond donors (Lipinski definition) is 1. The summed E-state index contributed by atoms with van der Waals surface area (Å²) in [6, 6.07) is 5.00. The van der Waals surface area contributed by atoms with Gasteiger partial charge in [0.2, 0.25) is 10.0 Å². The fourth-order valence-corrected chi connectivity index (χ4v) is 4.20. The molecule has 0 amide bonds. The molecule has 6 heteroatoms. The minimum absolute atomic E-state index is 0.157. The Labute approximate surface area is 126 Å². The van der Waals surface area contributed by atoms with Crippen LogP contribution >= 0.6 is 0 Å². The van der Waals surface area contributed by atoms with Gasteiger partial charge in [-0.15, -0.1) is 0 Å². The molecule has 5 nitrogen and oxygen atoms in total. The average Bonchev–Trinajstić information content (AvgIpc) is 2.48. The molecule has 2 rings (SSSR count). The predicted octanol–water partition coefficient (Wildman–Crippen LogP) is 1.53. The molecule has 0 bridgehead atoms. The highest BCUT2D eigenvalue weighted by atomic mass is 32.2. The quantitative estimate of drug-likeness (QED) is 0.895. The molecule has 0 saturated carbocycles. The number of benzene rings is 1. The molecule has 1 saturated heterocycles. The van der Waals surface area contributed by atoms with E-state index in [1.165, 1.54) is 4.31 Å². The van der Waals surface area contributed by atoms with Crippen LogP contribution in [0.4, 0.5) is 0 Å². The number of aliphatic hydroxyl groups is 1. The summed E-state index contributed by atoms with van der Waals surface area (Å²) >= 11 is 0. The van der Waals surface area contributed by atoms with E-state index in [4.69, 9.17) is 4.74 Å². The van der Waals surface area contributed by atoms with Crippen LogP contribution in [0.3, 0.4) is 0 Å². The minimum atomic E-state index is -3.53. The zero-order valence-electron chi connectivity index (χ0n) is 12.6. The standard InChI is InChI=1S/C15H23NO4S/c1-12-14(10-17)6-3-7-15(12)21(18,19)16(2)9-13-5-4-8-20-11-13/h3,6-7,13,17H,4-5,8-11H2,1-2H3. The molecule has 1 atom stereocenters. The number of sulfonamides is 1. The summed E-state index contributed by atoms with van der Waals surface area (Å²) in [6.45, 7) is 3.43. The summed E-state index contributed by atoms with van der Waals surface area (Å²) in [6.07, 6.45) is 1.98. The first-order valence-corrected chi connectivity index (χ1v) is 8.64. The van der Waals surface area contributed by atoms with Gasteiger partial charge in [0.15, 0.2) is 0 Å². The molecule has 118 valence electrons. The molecular formula is C15H23NO4S. The Morgan fingerprint density at radius 2 is 2.19 bits per heavy atom. The first-order valence-electron chi connectivity index (χ1n) is 7.20. The van der Waals surface area contributed by atoms with E-state index in [-0.39, 0.29) is 17.4 Å². The summed E-state index contributed by atoms with van der Waals surface area (Å²) in [5.41, 5.74) is 1.26. The van der Waals surface area contributed by atoms with Crippen LogP contribution in [0.2, 0.25) is 0 Å². The van der Waals surface area contributed by atoms with Crippen LogP contribution in [-0.2, 0) is 21.4 Å². The maximum atomic E-state index is 12.7. The second kappa shape index (κ2) is 6.87. The number of ether oxygens (including phenoxy) is 1. The summed E-state index contributed by atoms with van der Waals surface area (Å²) < 4.78 is 32.2. The molecule has 21 heavy (non-hydrogen) atoms. The summed E-state index contributed by atoms with van der Waals surface area (Å²) in [5, 5.41) is 9.28. The highest BCUT2D eigenvalue weighted by Crippen LogP contribution is 2.24. The minimum Gasteiger partial charge on any atom is -0.392 e. The van der Waals surface area contributed by atoms with Crippen molar-refractivity contribution in [2.75, 3.05) is 26.8 Å². The van der Waals surface area contributed by atoms with Gasteiger partial charge in [-0.2, -0.15) is 0 Å². The van der Waals surface area contributed by atoms with Crippen molar-refractivity contribution in [2.24, 2.45) is 5.92 Å². The predicted molar refractivity (Wildman–Crippen MR) is 80.5 cm³/mol. The van der Waals surface area contributed by atoms with Crippen molar-refractivity contribution in [1.29, 1.82) is 0 Å². The van der Waals surface area contributed by atoms with Crippen LogP contribution in [0.25, 0.3) is 0 Å². The number of aliphatic hydroxyl groups excluding tert-OH is 1. The maximum Gasteiger partial charge on any atom is 0.243 e. The van der Waals surface area contributed by atoms with Crippen molar-refractivity contribution in [2.45, 2.75) is 31.3 Å². The number of hydrogen-bond acceptors (Lipinski definition) is 4. The van der Waals surface area contributed by atoms with E-state index in [2.05, 4.69) is 0 Å². The third-order valence-electron chi connectivity index (χ3n) is 4.02. The van der Waals surface area contributed by atoms with Crippen molar-refractivity contribution < 1.29 is 18.3 Å². The summed E-state index contributed by atoms with van der Waals surface area (Å²) in [7, 11) is -1.93. The van der Waals surface area contributed by atoms with Gasteiger partial charge in [0.1, 0.15) is 0 Å². The van der Waals surface area contributed by atoms with Crippen LogP contribution in [0.5, 0.6) is 0 Å². The van der Waals surface area contributed by atoms with E-state index < -0.39 is 10.0 Å². The van der Waals surface area contributed by atoms with Gasteiger partial charge < -0.3 is 9.84 Å². The Morgan fingerprint density at radius 3 is 2.81 bits per heavy atom. The van der Waals surface area contributed by atoms with Gasteiger partial charge >= 0.3 is 0 Å². The zero-order chi connectivity index (χ0) is 15.5. The first-order chi connectivity index (χ1) is 9.96. The Hall–Kier alpha value is -0.950. The van der Waals surface area contributed by atoms with Crippen LogP contribution in [-0.4, -0.2) is 44.6 Å². The largest absolute Gasteiger partial charge is 0.392 e. The van der Waals surface area contributed by atoms with Crippen molar-refractivity contribution in [3.8, 4) is 0 Å². The lowest BCUT2D eigenvalue weighted by atomic mass is 10.0. The van der Waals surface area contributed by atoms with E-state index in [9.17, 15) is 13.5 Å². The van der Waals surface area contributed by atoms with Gasteiger partial charge in [0.25, 0.3) is 0 Å². The molecule has 0 radical (unpaired) electrons. The van der Waals surface area contributed by atoms with E-state index in [1.54, 1.807) is 32.2 Å². The summed E-state index contributed by atoms with van der Waals surface area (Å²) in [5.74, 6) is 0.250. The number of nitrogens with zero attached hydrogens (tertiary/aromatic N) is 1. The second-order valence-corrected chi connectivity index (χ2v) is 7.58. The van der Waals surface area contributed by atoms with Gasteiger partial charge in [0, 0.05) is 20.2 Å². The van der Waals surface area contributed by atoms with E-state index in [0.29, 0.717) is 24.3 Å². The van der Waals surface area contributed by atoms with Crippen molar-refractivity contribution >= 4 is 10.0 Å². The molecule has 1 N–H and O–H groups in total. The van der Waals surface area contributed by atoms with Crippen molar-refractivity contribution in [3.63, 3.8) is 0 Å². The van der Waals surface area contributed by atoms with Gasteiger partial charge in [-0.05, 0) is 42.9 Å². The highest BCUT2D eigenvalue weighted by molar-refractivity contribution is 7.89. The molecular weight excluding hydrogens is 290 g/mol. The second-order valence-electron chi connectivity index (χ2n) is 5.57. The molecule has 0 aromatic heterocycles. The molecule has 0 aliphatic carbocycles. The SMILES string of the molecule is Cc1c(CO)cccc1S(=O)(=O)N(C)CC1CCCOC1. The smallest absolute Gasteiger partial charge is 0.243 e. The fourth-order valence-electron chi connectivity index (χ4n) is 2.69. The highest BCUT2D eigenvalue weighted by Gasteiger charge is 2.26. The van der Waals surface area contributed by atoms with Crippen LogP contribution < -0.4 is 0 Å². The van der Waals surface area contributed by atoms with E-state index >= 15 is 0 Å². The van der Waals surface area contributed by atoms with Crippen LogP contribution in [0.15, 0.2) is 23.1 Å².